The molecule has 0 spiro atoms. The van der Waals surface area contributed by atoms with Gasteiger partial charge in [-0.2, -0.15) is 4.98 Å². The first-order chi connectivity index (χ1) is 15.5. The van der Waals surface area contributed by atoms with Gasteiger partial charge in [0, 0.05) is 48.8 Å². The monoisotopic (exact) mass is 436 g/mol. The zero-order valence-electron chi connectivity index (χ0n) is 17.7. The number of nitrogens with two attached hydrogens (primary N) is 1. The molecule has 0 atom stereocenters. The second kappa shape index (κ2) is 9.58. The summed E-state index contributed by atoms with van der Waals surface area (Å²) in [5.74, 6) is 4.41. The summed E-state index contributed by atoms with van der Waals surface area (Å²) in [5, 5.41) is 6.00. The van der Waals surface area contributed by atoms with E-state index >= 15 is 0 Å². The first kappa shape index (κ1) is 21.5. The first-order valence-corrected chi connectivity index (χ1v) is 10.2. The molecule has 166 valence electrons. The molecule has 4 rings (SSSR count). The topological polar surface area (TPSA) is 111 Å². The number of nitrogen functional groups attached to an aromatic ring is 1. The van der Waals surface area contributed by atoms with Gasteiger partial charge in [0.25, 0.3) is 5.91 Å². The van der Waals surface area contributed by atoms with Crippen LogP contribution in [-0.2, 0) is 0 Å². The van der Waals surface area contributed by atoms with E-state index in [1.54, 1.807) is 24.3 Å². The van der Waals surface area contributed by atoms with Gasteiger partial charge in [0.05, 0.1) is 6.20 Å². The second-order valence-electron chi connectivity index (χ2n) is 7.53. The number of anilines is 5. The van der Waals surface area contributed by atoms with Crippen molar-refractivity contribution in [1.29, 1.82) is 0 Å². The highest BCUT2D eigenvalue weighted by Crippen LogP contribution is 2.23. The molecule has 1 saturated heterocycles. The number of piperazine rings is 1. The summed E-state index contributed by atoms with van der Waals surface area (Å²) in [6.45, 7) is 4.08. The molecule has 0 aliphatic carbocycles. The Morgan fingerprint density at radius 2 is 1.59 bits per heavy atom. The Bertz CT molecular complexity index is 1070. The zero-order valence-corrected chi connectivity index (χ0v) is 17.7. The molecule has 0 bridgehead atoms. The van der Waals surface area contributed by atoms with Crippen molar-refractivity contribution in [2.24, 2.45) is 5.84 Å². The molecular weight excluding hydrogens is 411 g/mol. The van der Waals surface area contributed by atoms with Gasteiger partial charge in [0.1, 0.15) is 0 Å². The molecule has 1 amide bonds. The lowest BCUT2D eigenvalue weighted by Gasteiger charge is -2.34. The van der Waals surface area contributed by atoms with E-state index in [4.69, 9.17) is 5.84 Å². The first-order valence-electron chi connectivity index (χ1n) is 10.2. The fourth-order valence-corrected chi connectivity index (χ4v) is 3.39. The number of halogens is 1. The maximum absolute atomic E-state index is 14.2. The molecule has 0 unspecified atom stereocenters. The van der Waals surface area contributed by atoms with Gasteiger partial charge in [-0.15, -0.1) is 0 Å². The molecule has 1 aliphatic heterocycles. The van der Waals surface area contributed by atoms with Crippen LogP contribution in [0.1, 0.15) is 10.4 Å². The molecule has 32 heavy (non-hydrogen) atoms. The molecule has 1 aliphatic rings. The number of carbonyl (C=O) groups excluding carboxylic acids is 1. The van der Waals surface area contributed by atoms with Crippen LogP contribution in [0.15, 0.2) is 54.7 Å². The Labute approximate surface area is 185 Å². The van der Waals surface area contributed by atoms with Crippen molar-refractivity contribution in [3.05, 3.63) is 66.1 Å². The van der Waals surface area contributed by atoms with E-state index in [0.29, 0.717) is 11.3 Å². The number of rotatable bonds is 6. The third-order valence-corrected chi connectivity index (χ3v) is 5.28. The van der Waals surface area contributed by atoms with Gasteiger partial charge in [-0.25, -0.2) is 15.2 Å². The summed E-state index contributed by atoms with van der Waals surface area (Å²) in [6.07, 6.45) is 1.10. The molecule has 10 heteroatoms. The van der Waals surface area contributed by atoms with E-state index in [-0.39, 0.29) is 11.8 Å². The largest absolute Gasteiger partial charge is 0.369 e. The quantitative estimate of drug-likeness (QED) is 0.265. The van der Waals surface area contributed by atoms with Gasteiger partial charge < -0.3 is 20.4 Å². The van der Waals surface area contributed by atoms with Crippen LogP contribution < -0.4 is 26.8 Å². The molecule has 0 saturated carbocycles. The smallest absolute Gasteiger partial charge is 0.265 e. The van der Waals surface area contributed by atoms with E-state index in [2.05, 4.69) is 55.0 Å². The molecule has 2 heterocycles. The summed E-state index contributed by atoms with van der Waals surface area (Å²) in [6, 6.07) is 14.4. The molecule has 1 aromatic heterocycles. The molecule has 1 fully saturated rings. The van der Waals surface area contributed by atoms with Crippen molar-refractivity contribution in [3.8, 4) is 0 Å². The standard InChI is InChI=1S/C22H25FN8O/c1-30-10-12-31(13-11-30)18-8-6-17(7-9-18)27-22-25-14-19(23)20(28-22)26-16-4-2-15(3-5-16)21(32)29-24/h2-9,14H,10-13,24H2,1H3,(H,29,32)(H2,25,26,27,28). The van der Waals surface area contributed by atoms with Crippen LogP contribution in [-0.4, -0.2) is 54.0 Å². The third kappa shape index (κ3) is 5.10. The average molecular weight is 436 g/mol. The van der Waals surface area contributed by atoms with Crippen molar-refractivity contribution in [2.75, 3.05) is 48.8 Å². The number of likely N-dealkylation sites (N-methyl/N-ethyl adjacent to an activating group) is 1. The molecule has 0 radical (unpaired) electrons. The number of nitrogens with one attached hydrogen (secondary N) is 3. The number of amides is 1. The summed E-state index contributed by atoms with van der Waals surface area (Å²) in [5.41, 5.74) is 4.99. The summed E-state index contributed by atoms with van der Waals surface area (Å²) in [7, 11) is 2.13. The van der Waals surface area contributed by atoms with Crippen LogP contribution in [0.5, 0.6) is 0 Å². The number of nitrogens with zero attached hydrogens (tertiary/aromatic N) is 4. The van der Waals surface area contributed by atoms with Gasteiger partial charge in [-0.3, -0.25) is 10.2 Å². The van der Waals surface area contributed by atoms with Crippen LogP contribution >= 0.6 is 0 Å². The Balaban J connectivity index is 1.43. The van der Waals surface area contributed by atoms with E-state index in [9.17, 15) is 9.18 Å². The van der Waals surface area contributed by atoms with Crippen LogP contribution in [0.2, 0.25) is 0 Å². The second-order valence-corrected chi connectivity index (χ2v) is 7.53. The zero-order chi connectivity index (χ0) is 22.5. The predicted octanol–water partition coefficient (Wildman–Crippen LogP) is 2.46. The average Bonchev–Trinajstić information content (AvgIpc) is 2.82. The molecule has 3 aromatic rings. The Morgan fingerprint density at radius 1 is 0.969 bits per heavy atom. The number of hydrogen-bond acceptors (Lipinski definition) is 8. The van der Waals surface area contributed by atoms with Crippen LogP contribution in [0.25, 0.3) is 0 Å². The Hall–Kier alpha value is -3.76. The van der Waals surface area contributed by atoms with Crippen molar-refractivity contribution in [3.63, 3.8) is 0 Å². The van der Waals surface area contributed by atoms with E-state index in [0.717, 1.165) is 43.8 Å². The number of hydrazine groups is 1. The Morgan fingerprint density at radius 3 is 2.25 bits per heavy atom. The highest BCUT2D eigenvalue weighted by molar-refractivity contribution is 5.94. The SMILES string of the molecule is CN1CCN(c2ccc(Nc3ncc(F)c(Nc4ccc(C(=O)NN)cc4)n3)cc2)CC1. The highest BCUT2D eigenvalue weighted by atomic mass is 19.1. The van der Waals surface area contributed by atoms with Crippen LogP contribution in [0.3, 0.4) is 0 Å². The maximum Gasteiger partial charge on any atom is 0.265 e. The minimum Gasteiger partial charge on any atom is -0.369 e. The summed E-state index contributed by atoms with van der Waals surface area (Å²) >= 11 is 0. The maximum atomic E-state index is 14.2. The molecular formula is C22H25FN8O. The lowest BCUT2D eigenvalue weighted by atomic mass is 10.2. The van der Waals surface area contributed by atoms with Crippen molar-refractivity contribution < 1.29 is 9.18 Å². The van der Waals surface area contributed by atoms with Gasteiger partial charge >= 0.3 is 0 Å². The van der Waals surface area contributed by atoms with Gasteiger partial charge in [0.15, 0.2) is 11.6 Å². The normalized spacial score (nSPS) is 14.2. The van der Waals surface area contributed by atoms with E-state index in [1.165, 1.54) is 0 Å². The lowest BCUT2D eigenvalue weighted by molar-refractivity contribution is 0.0953. The van der Waals surface area contributed by atoms with Crippen molar-refractivity contribution in [2.45, 2.75) is 0 Å². The third-order valence-electron chi connectivity index (χ3n) is 5.28. The molecule has 2 aromatic carbocycles. The number of carbonyl (C=O) groups is 1. The number of hydrogen-bond donors (Lipinski definition) is 4. The van der Waals surface area contributed by atoms with E-state index in [1.807, 2.05) is 12.1 Å². The van der Waals surface area contributed by atoms with Gasteiger partial charge in [-0.1, -0.05) is 0 Å². The summed E-state index contributed by atoms with van der Waals surface area (Å²) in [4.78, 5) is 24.5. The van der Waals surface area contributed by atoms with Crippen LogP contribution in [0, 0.1) is 5.82 Å². The minimum atomic E-state index is -0.593. The molecule has 5 N–H and O–H groups in total. The van der Waals surface area contributed by atoms with Crippen molar-refractivity contribution in [1.82, 2.24) is 20.3 Å². The lowest BCUT2D eigenvalue weighted by Crippen LogP contribution is -2.44. The fourth-order valence-electron chi connectivity index (χ4n) is 3.39. The Kier molecular flexibility index (Phi) is 6.43. The van der Waals surface area contributed by atoms with Crippen LogP contribution in [0.4, 0.5) is 33.2 Å². The summed E-state index contributed by atoms with van der Waals surface area (Å²) < 4.78 is 14.2. The van der Waals surface area contributed by atoms with Gasteiger partial charge in [0.2, 0.25) is 5.95 Å². The van der Waals surface area contributed by atoms with E-state index < -0.39 is 11.7 Å². The molecule has 9 nitrogen and oxygen atoms in total. The predicted molar refractivity (Wildman–Crippen MR) is 123 cm³/mol. The fraction of sp³-hybridized carbons (Fsp3) is 0.227. The van der Waals surface area contributed by atoms with Gasteiger partial charge in [-0.05, 0) is 55.6 Å². The minimum absolute atomic E-state index is 0.0209. The number of aromatic nitrogens is 2. The number of benzene rings is 2. The van der Waals surface area contributed by atoms with Crippen molar-refractivity contribution >= 4 is 34.7 Å². The highest BCUT2D eigenvalue weighted by Gasteiger charge is 2.14.